The average molecular weight is 266 g/mol. The zero-order valence-corrected chi connectivity index (χ0v) is 11.3. The molecule has 2 aliphatic heterocycles. The number of hydrogen-bond donors (Lipinski definition) is 0. The molecule has 0 aliphatic carbocycles. The molecule has 0 aromatic heterocycles. The maximum atomic E-state index is 11.7. The Morgan fingerprint density at radius 1 is 1.00 bits per heavy atom. The summed E-state index contributed by atoms with van der Waals surface area (Å²) in [7, 11) is 1.40. The van der Waals surface area contributed by atoms with Gasteiger partial charge in [0.05, 0.1) is 12.7 Å². The fraction of sp³-hybridized carbons (Fsp3) is 0.235. The van der Waals surface area contributed by atoms with Gasteiger partial charge in [0.25, 0.3) is 0 Å². The summed E-state index contributed by atoms with van der Waals surface area (Å²) >= 11 is 0. The number of carbonyl (C=O) groups excluding carboxylic acids is 1. The van der Waals surface area contributed by atoms with Crippen molar-refractivity contribution < 1.29 is 14.3 Å². The minimum absolute atomic E-state index is 0.0114. The van der Waals surface area contributed by atoms with E-state index in [9.17, 15) is 4.79 Å². The van der Waals surface area contributed by atoms with Crippen LogP contribution < -0.4 is 0 Å². The molecule has 0 unspecified atom stereocenters. The summed E-state index contributed by atoms with van der Waals surface area (Å²) in [6.07, 6.45) is -0.0354. The summed E-state index contributed by atoms with van der Waals surface area (Å²) in [5, 5.41) is 0. The van der Waals surface area contributed by atoms with E-state index in [4.69, 9.17) is 9.47 Å². The van der Waals surface area contributed by atoms with Crippen molar-refractivity contribution in [3.05, 3.63) is 69.8 Å². The van der Waals surface area contributed by atoms with E-state index in [1.54, 1.807) is 0 Å². The number of rotatable bonds is 1. The van der Waals surface area contributed by atoms with E-state index in [0.717, 1.165) is 5.56 Å². The standard InChI is InChI=1S/C17H14O3/c1-9-3-5-11-13(7-9)16-14-8-10(17(18)19-2)4-6-12(14)15(11)20-16/h3-8,15-16H,1-2H3/t15-,16+/m0/s1. The van der Waals surface area contributed by atoms with Crippen LogP contribution >= 0.6 is 0 Å². The number of fused-ring (bicyclic) bond motifs is 8. The Morgan fingerprint density at radius 2 is 1.65 bits per heavy atom. The van der Waals surface area contributed by atoms with Crippen LogP contribution in [0.1, 0.15) is 50.4 Å². The van der Waals surface area contributed by atoms with Crippen molar-refractivity contribution in [2.75, 3.05) is 7.11 Å². The largest absolute Gasteiger partial charge is 0.465 e. The smallest absolute Gasteiger partial charge is 0.337 e. The fourth-order valence-corrected chi connectivity index (χ4v) is 3.21. The second-order valence-electron chi connectivity index (χ2n) is 5.36. The maximum Gasteiger partial charge on any atom is 0.337 e. The van der Waals surface area contributed by atoms with Gasteiger partial charge in [-0.2, -0.15) is 0 Å². The Hall–Kier alpha value is -2.13. The van der Waals surface area contributed by atoms with Crippen LogP contribution in [-0.2, 0) is 9.47 Å². The van der Waals surface area contributed by atoms with Crippen molar-refractivity contribution in [1.29, 1.82) is 0 Å². The topological polar surface area (TPSA) is 35.5 Å². The number of carbonyl (C=O) groups is 1. The summed E-state index contributed by atoms with van der Waals surface area (Å²) in [5.41, 5.74) is 6.54. The quantitative estimate of drug-likeness (QED) is 0.743. The molecule has 0 spiro atoms. The molecule has 0 N–H and O–H groups in total. The Labute approximate surface area is 117 Å². The van der Waals surface area contributed by atoms with E-state index in [-0.39, 0.29) is 18.2 Å². The normalized spacial score (nSPS) is 21.5. The lowest BCUT2D eigenvalue weighted by Gasteiger charge is -2.16. The van der Waals surface area contributed by atoms with E-state index < -0.39 is 0 Å². The van der Waals surface area contributed by atoms with E-state index in [1.807, 2.05) is 18.2 Å². The van der Waals surface area contributed by atoms with Crippen LogP contribution in [0.2, 0.25) is 0 Å². The highest BCUT2D eigenvalue weighted by Gasteiger charge is 2.42. The number of benzene rings is 2. The summed E-state index contributed by atoms with van der Waals surface area (Å²) in [4.78, 5) is 11.7. The molecule has 2 bridgehead atoms. The Balaban J connectivity index is 1.85. The predicted molar refractivity (Wildman–Crippen MR) is 73.7 cm³/mol. The van der Waals surface area contributed by atoms with Gasteiger partial charge in [-0.1, -0.05) is 29.8 Å². The molecule has 2 aromatic rings. The van der Waals surface area contributed by atoms with Crippen LogP contribution in [0.4, 0.5) is 0 Å². The number of aryl methyl sites for hydroxylation is 1. The van der Waals surface area contributed by atoms with Gasteiger partial charge in [0.2, 0.25) is 0 Å². The number of hydrogen-bond acceptors (Lipinski definition) is 3. The number of ether oxygens (including phenoxy) is 2. The summed E-state index contributed by atoms with van der Waals surface area (Å²) in [6, 6.07) is 12.1. The van der Waals surface area contributed by atoms with Gasteiger partial charge in [-0.3, -0.25) is 0 Å². The molecule has 0 fully saturated rings. The predicted octanol–water partition coefficient (Wildman–Crippen LogP) is 3.30. The summed E-state index contributed by atoms with van der Waals surface area (Å²) < 4.78 is 10.9. The number of methoxy groups -OCH3 is 1. The molecule has 100 valence electrons. The molecular weight excluding hydrogens is 252 g/mol. The zero-order chi connectivity index (χ0) is 13.9. The van der Waals surface area contributed by atoms with E-state index in [1.165, 1.54) is 29.4 Å². The minimum atomic E-state index is -0.306. The number of esters is 1. The molecule has 20 heavy (non-hydrogen) atoms. The first-order valence-electron chi connectivity index (χ1n) is 6.67. The van der Waals surface area contributed by atoms with Crippen LogP contribution in [0.25, 0.3) is 0 Å². The van der Waals surface area contributed by atoms with Gasteiger partial charge in [0, 0.05) is 0 Å². The highest BCUT2D eigenvalue weighted by atomic mass is 16.5. The average Bonchev–Trinajstić information content (AvgIpc) is 3.02. The van der Waals surface area contributed by atoms with Gasteiger partial charge < -0.3 is 9.47 Å². The maximum absolute atomic E-state index is 11.7. The molecule has 2 atom stereocenters. The molecule has 2 aliphatic rings. The lowest BCUT2D eigenvalue weighted by atomic mass is 9.84. The van der Waals surface area contributed by atoms with Gasteiger partial charge in [0.15, 0.2) is 0 Å². The van der Waals surface area contributed by atoms with E-state index in [0.29, 0.717) is 5.56 Å². The second-order valence-corrected chi connectivity index (χ2v) is 5.36. The first kappa shape index (κ1) is 11.7. The third-order valence-electron chi connectivity index (χ3n) is 4.15. The Kier molecular flexibility index (Phi) is 2.30. The highest BCUT2D eigenvalue weighted by Crippen LogP contribution is 2.54. The Bertz CT molecular complexity index is 733. The van der Waals surface area contributed by atoms with Crippen LogP contribution in [0.15, 0.2) is 36.4 Å². The molecule has 3 nitrogen and oxygen atoms in total. The van der Waals surface area contributed by atoms with Gasteiger partial charge in [-0.05, 0) is 41.3 Å². The minimum Gasteiger partial charge on any atom is -0.465 e. The van der Waals surface area contributed by atoms with E-state index >= 15 is 0 Å². The van der Waals surface area contributed by atoms with Crippen molar-refractivity contribution in [2.45, 2.75) is 19.1 Å². The molecule has 0 saturated carbocycles. The SMILES string of the molecule is COC(=O)c1ccc2c(c1)[C@@H]1O[C@H]2c2ccc(C)cc21. The molecule has 0 saturated heterocycles. The monoisotopic (exact) mass is 266 g/mol. The van der Waals surface area contributed by atoms with Gasteiger partial charge >= 0.3 is 5.97 Å². The van der Waals surface area contributed by atoms with Crippen LogP contribution in [0, 0.1) is 6.92 Å². The third-order valence-corrected chi connectivity index (χ3v) is 4.15. The van der Waals surface area contributed by atoms with Gasteiger partial charge in [-0.25, -0.2) is 4.79 Å². The second kappa shape index (κ2) is 3.93. The van der Waals surface area contributed by atoms with Gasteiger partial charge in [-0.15, -0.1) is 0 Å². The molecule has 3 heteroatoms. The molecular formula is C17H14O3. The van der Waals surface area contributed by atoms with Crippen molar-refractivity contribution in [3.63, 3.8) is 0 Å². The molecule has 2 heterocycles. The van der Waals surface area contributed by atoms with E-state index in [2.05, 4.69) is 25.1 Å². The van der Waals surface area contributed by atoms with Crippen LogP contribution in [-0.4, -0.2) is 13.1 Å². The third kappa shape index (κ3) is 1.41. The highest BCUT2D eigenvalue weighted by molar-refractivity contribution is 5.90. The van der Waals surface area contributed by atoms with Gasteiger partial charge in [0.1, 0.15) is 12.2 Å². The zero-order valence-electron chi connectivity index (χ0n) is 11.3. The Morgan fingerprint density at radius 3 is 2.40 bits per heavy atom. The van der Waals surface area contributed by atoms with Crippen molar-refractivity contribution in [1.82, 2.24) is 0 Å². The lowest BCUT2D eigenvalue weighted by Crippen LogP contribution is -2.07. The fourth-order valence-electron chi connectivity index (χ4n) is 3.21. The first-order chi connectivity index (χ1) is 9.69. The molecule has 0 amide bonds. The van der Waals surface area contributed by atoms with Crippen LogP contribution in [0.3, 0.4) is 0 Å². The molecule has 4 rings (SSSR count). The van der Waals surface area contributed by atoms with Crippen molar-refractivity contribution >= 4 is 5.97 Å². The molecule has 0 radical (unpaired) electrons. The lowest BCUT2D eigenvalue weighted by molar-refractivity contribution is 0.0600. The first-order valence-corrected chi connectivity index (χ1v) is 6.67. The van der Waals surface area contributed by atoms with Crippen molar-refractivity contribution in [2.24, 2.45) is 0 Å². The summed E-state index contributed by atoms with van der Waals surface area (Å²) in [5.74, 6) is -0.306. The summed E-state index contributed by atoms with van der Waals surface area (Å²) in [6.45, 7) is 2.08. The van der Waals surface area contributed by atoms with Crippen molar-refractivity contribution in [3.8, 4) is 0 Å². The molecule has 2 aromatic carbocycles. The van der Waals surface area contributed by atoms with Crippen LogP contribution in [0.5, 0.6) is 0 Å².